The number of aliphatic hydroxyl groups is 1. The highest BCUT2D eigenvalue weighted by atomic mass is 16.5. The normalized spacial score (nSPS) is 16.3. The molecule has 12 heteroatoms. The first kappa shape index (κ1) is 44.8. The van der Waals surface area contributed by atoms with Gasteiger partial charge in [-0.1, -0.05) is 51.1 Å². The molecule has 4 N–H and O–H groups in total. The number of morpholine rings is 1. The monoisotopic (exact) mass is 799 g/mol. The number of pyridine rings is 1. The zero-order valence-corrected chi connectivity index (χ0v) is 35.1. The number of aldehydes is 1. The van der Waals surface area contributed by atoms with Crippen molar-refractivity contribution < 1.29 is 29.3 Å². The van der Waals surface area contributed by atoms with E-state index in [9.17, 15) is 19.8 Å². The molecule has 58 heavy (non-hydrogen) atoms. The molecule has 0 saturated carbocycles. The van der Waals surface area contributed by atoms with E-state index in [0.717, 1.165) is 83.7 Å². The van der Waals surface area contributed by atoms with Gasteiger partial charge in [0, 0.05) is 77.2 Å². The molecule has 2 fully saturated rings. The number of nitrogens with one attached hydrogen (secondary N) is 2. The van der Waals surface area contributed by atoms with Crippen LogP contribution in [0.1, 0.15) is 86.8 Å². The second kappa shape index (κ2) is 22.7. The van der Waals surface area contributed by atoms with Crippen LogP contribution in [0.4, 0.5) is 11.5 Å². The Morgan fingerprint density at radius 3 is 2.59 bits per heavy atom. The fourth-order valence-electron chi connectivity index (χ4n) is 8.33. The fraction of sp³-hybridized carbons (Fsp3) is 0.543. The molecule has 0 radical (unpaired) electrons. The maximum absolute atomic E-state index is 13.5. The van der Waals surface area contributed by atoms with Gasteiger partial charge in [-0.05, 0) is 91.1 Å². The summed E-state index contributed by atoms with van der Waals surface area (Å²) >= 11 is 0. The van der Waals surface area contributed by atoms with E-state index >= 15 is 0 Å². The number of benzene rings is 2. The summed E-state index contributed by atoms with van der Waals surface area (Å²) in [5.41, 5.74) is 5.31. The van der Waals surface area contributed by atoms with Crippen LogP contribution < -0.4 is 15.5 Å². The predicted molar refractivity (Wildman–Crippen MR) is 231 cm³/mol. The van der Waals surface area contributed by atoms with Gasteiger partial charge in [-0.3, -0.25) is 14.5 Å². The standard InChI is InChI=1S/C46H66N6O6/c1-5-35-15-20-49-43(31-35)51-25-29-58-46(34-51)18-22-50(23-19-46)33-37-11-8-10-36(30-37)16-27-57-28-17-44(56)52(38(6-2)7-3)24-21-48-32-42(55)39-13-14-41(54)45(47-4)40(39)12-9-26-53/h8-15,20,26,30-31,38,42,47-48,54-55H,5-7,16-19,21-25,27-29,32-34H2,1-4H3/b12-9-. The van der Waals surface area contributed by atoms with Gasteiger partial charge < -0.3 is 40.1 Å². The van der Waals surface area contributed by atoms with Gasteiger partial charge in [-0.25, -0.2) is 4.98 Å². The van der Waals surface area contributed by atoms with Gasteiger partial charge in [0.2, 0.25) is 5.91 Å². The Kier molecular flexibility index (Phi) is 17.5. The highest BCUT2D eigenvalue weighted by Gasteiger charge is 2.40. The Balaban J connectivity index is 1.03. The van der Waals surface area contributed by atoms with E-state index in [1.807, 2.05) is 11.1 Å². The summed E-state index contributed by atoms with van der Waals surface area (Å²) in [5.74, 6) is 1.16. The number of aryl methyl sites for hydroxylation is 1. The molecule has 2 aliphatic heterocycles. The second-order valence-electron chi connectivity index (χ2n) is 15.5. The molecule has 2 aliphatic rings. The summed E-state index contributed by atoms with van der Waals surface area (Å²) in [6, 6.07) is 16.4. The molecule has 1 amide bonds. The first-order valence-corrected chi connectivity index (χ1v) is 21.3. The number of aromatic nitrogens is 1. The minimum absolute atomic E-state index is 0.0296. The number of aliphatic hydroxyl groups excluding tert-OH is 1. The molecular weight excluding hydrogens is 733 g/mol. The number of aromatic hydroxyl groups is 1. The number of hydrogen-bond acceptors (Lipinski definition) is 11. The number of allylic oxidation sites excluding steroid dienone is 1. The first-order chi connectivity index (χ1) is 28.2. The van der Waals surface area contributed by atoms with Crippen molar-refractivity contribution in [3.05, 3.63) is 88.6 Å². The van der Waals surface area contributed by atoms with Crippen LogP contribution in [0.2, 0.25) is 0 Å². The van der Waals surface area contributed by atoms with E-state index in [1.54, 1.807) is 19.2 Å². The number of nitrogens with zero attached hydrogens (tertiary/aromatic N) is 4. The lowest BCUT2D eigenvalue weighted by atomic mass is 9.89. The van der Waals surface area contributed by atoms with Crippen molar-refractivity contribution in [2.75, 3.05) is 82.9 Å². The number of carbonyl (C=O) groups excluding carboxylic acids is 2. The minimum Gasteiger partial charge on any atom is -0.506 e. The molecule has 12 nitrogen and oxygen atoms in total. The number of phenolic OH excluding ortho intramolecular Hbond substituents is 1. The van der Waals surface area contributed by atoms with Crippen molar-refractivity contribution in [3.8, 4) is 5.75 Å². The molecule has 1 atom stereocenters. The Hall–Kier alpha value is -4.33. The molecule has 3 aromatic rings. The van der Waals surface area contributed by atoms with Crippen LogP contribution in [0, 0.1) is 0 Å². The third kappa shape index (κ3) is 12.3. The summed E-state index contributed by atoms with van der Waals surface area (Å²) in [6.07, 6.45) is 10.4. The van der Waals surface area contributed by atoms with E-state index in [0.29, 0.717) is 55.8 Å². The van der Waals surface area contributed by atoms with E-state index in [-0.39, 0.29) is 29.8 Å². The van der Waals surface area contributed by atoms with Crippen LogP contribution >= 0.6 is 0 Å². The van der Waals surface area contributed by atoms with Gasteiger partial charge in [0.1, 0.15) is 17.9 Å². The summed E-state index contributed by atoms with van der Waals surface area (Å²) < 4.78 is 12.5. The number of carbonyl (C=O) groups is 2. The number of piperidine rings is 1. The van der Waals surface area contributed by atoms with Gasteiger partial charge >= 0.3 is 0 Å². The molecule has 316 valence electrons. The minimum atomic E-state index is -0.890. The molecule has 3 heterocycles. The van der Waals surface area contributed by atoms with E-state index in [1.165, 1.54) is 28.8 Å². The number of anilines is 2. The molecule has 0 aliphatic carbocycles. The molecule has 1 aromatic heterocycles. The van der Waals surface area contributed by atoms with Gasteiger partial charge in [-0.15, -0.1) is 0 Å². The second-order valence-corrected chi connectivity index (χ2v) is 15.5. The summed E-state index contributed by atoms with van der Waals surface area (Å²) in [6.45, 7) is 14.0. The molecule has 5 rings (SSSR count). The smallest absolute Gasteiger partial charge is 0.225 e. The summed E-state index contributed by atoms with van der Waals surface area (Å²) in [7, 11) is 1.67. The van der Waals surface area contributed by atoms with Gasteiger partial charge in [0.05, 0.1) is 43.6 Å². The van der Waals surface area contributed by atoms with Crippen LogP contribution in [0.5, 0.6) is 5.75 Å². The highest BCUT2D eigenvalue weighted by molar-refractivity contribution is 5.81. The zero-order chi connectivity index (χ0) is 41.3. The topological polar surface area (TPSA) is 140 Å². The number of likely N-dealkylation sites (tertiary alicyclic amines) is 1. The van der Waals surface area contributed by atoms with Crippen LogP contribution in [0.15, 0.2) is 60.8 Å². The van der Waals surface area contributed by atoms with Crippen LogP contribution in [-0.2, 0) is 38.4 Å². The maximum atomic E-state index is 13.5. The number of phenols is 1. The number of amides is 1. The lowest BCUT2D eigenvalue weighted by Gasteiger charge is -2.47. The lowest BCUT2D eigenvalue weighted by molar-refractivity contribution is -0.134. The van der Waals surface area contributed by atoms with E-state index in [4.69, 9.17) is 9.47 Å². The molecule has 0 bridgehead atoms. The lowest BCUT2D eigenvalue weighted by Crippen LogP contribution is -2.57. The van der Waals surface area contributed by atoms with Crippen molar-refractivity contribution in [2.45, 2.75) is 90.0 Å². The Morgan fingerprint density at radius 1 is 1.05 bits per heavy atom. The summed E-state index contributed by atoms with van der Waals surface area (Å²) in [5, 5.41) is 27.5. The number of ether oxygens (including phenoxy) is 2. The summed E-state index contributed by atoms with van der Waals surface area (Å²) in [4.78, 5) is 36.0. The highest BCUT2D eigenvalue weighted by Crippen LogP contribution is 2.35. The van der Waals surface area contributed by atoms with Crippen molar-refractivity contribution in [3.63, 3.8) is 0 Å². The van der Waals surface area contributed by atoms with Gasteiger partial charge in [0.15, 0.2) is 0 Å². The molecule has 2 saturated heterocycles. The van der Waals surface area contributed by atoms with Gasteiger partial charge in [-0.2, -0.15) is 0 Å². The molecule has 1 spiro atoms. The average molecular weight is 799 g/mol. The Morgan fingerprint density at radius 2 is 1.84 bits per heavy atom. The third-order valence-electron chi connectivity index (χ3n) is 11.7. The SMILES string of the molecule is CCc1ccnc(N2CCOC3(CCN(Cc4cccc(CCOCCC(=O)N(CCNCC(O)c5ccc(O)c(NC)c5/C=C\C=O)C(CC)CC)c4)CC3)C2)c1. The van der Waals surface area contributed by atoms with Gasteiger partial charge in [0.25, 0.3) is 0 Å². The molecule has 2 aromatic carbocycles. The number of hydrogen-bond donors (Lipinski definition) is 4. The predicted octanol–water partition coefficient (Wildman–Crippen LogP) is 5.76. The van der Waals surface area contributed by atoms with Crippen LogP contribution in [-0.4, -0.2) is 122 Å². The average Bonchev–Trinajstić information content (AvgIpc) is 3.25. The van der Waals surface area contributed by atoms with Crippen LogP contribution in [0.3, 0.4) is 0 Å². The van der Waals surface area contributed by atoms with Crippen LogP contribution in [0.25, 0.3) is 6.08 Å². The van der Waals surface area contributed by atoms with E-state index < -0.39 is 6.10 Å². The van der Waals surface area contributed by atoms with Crippen molar-refractivity contribution in [1.29, 1.82) is 0 Å². The Bertz CT molecular complexity index is 1780. The third-order valence-corrected chi connectivity index (χ3v) is 11.7. The molecular formula is C46H66N6O6. The first-order valence-electron chi connectivity index (χ1n) is 21.3. The Labute approximate surface area is 345 Å². The van der Waals surface area contributed by atoms with Crippen molar-refractivity contribution in [2.24, 2.45) is 0 Å². The quantitative estimate of drug-likeness (QED) is 0.0427. The van der Waals surface area contributed by atoms with Crippen molar-refractivity contribution in [1.82, 2.24) is 20.1 Å². The molecule has 1 unspecified atom stereocenters. The zero-order valence-electron chi connectivity index (χ0n) is 35.1. The fourth-order valence-corrected chi connectivity index (χ4v) is 8.33. The largest absolute Gasteiger partial charge is 0.506 e. The maximum Gasteiger partial charge on any atom is 0.225 e. The number of rotatable bonds is 22. The van der Waals surface area contributed by atoms with E-state index in [2.05, 4.69) is 82.6 Å². The van der Waals surface area contributed by atoms with Crippen molar-refractivity contribution >= 4 is 29.8 Å².